The maximum absolute atomic E-state index is 13.5. The van der Waals surface area contributed by atoms with Crippen LogP contribution < -0.4 is 5.32 Å². The first-order valence-electron chi connectivity index (χ1n) is 7.14. The summed E-state index contributed by atoms with van der Waals surface area (Å²) in [6.07, 6.45) is -3.80. The number of nitrogens with one attached hydrogen (secondary N) is 1. The van der Waals surface area contributed by atoms with Crippen molar-refractivity contribution in [2.45, 2.75) is 6.18 Å². The molecule has 1 amide bonds. The first-order valence-corrected chi connectivity index (χ1v) is 8.21. The van der Waals surface area contributed by atoms with Gasteiger partial charge in [0, 0.05) is 9.26 Å². The molecule has 0 aliphatic rings. The minimum Gasteiger partial charge on any atom is -0.322 e. The summed E-state index contributed by atoms with van der Waals surface area (Å²) in [6, 6.07) is 14.6. The highest BCUT2D eigenvalue weighted by molar-refractivity contribution is 14.1. The van der Waals surface area contributed by atoms with E-state index in [0.29, 0.717) is 5.69 Å². The Morgan fingerprint density at radius 2 is 1.80 bits per heavy atom. The zero-order valence-electron chi connectivity index (χ0n) is 12.6. The first kappa shape index (κ1) is 17.5. The molecule has 1 N–H and O–H groups in total. The molecule has 3 aromatic rings. The Kier molecular flexibility index (Phi) is 4.80. The van der Waals surface area contributed by atoms with Gasteiger partial charge in [0.25, 0.3) is 5.91 Å². The van der Waals surface area contributed by atoms with Crippen molar-refractivity contribution in [1.82, 2.24) is 9.78 Å². The monoisotopic (exact) mass is 457 g/mol. The van der Waals surface area contributed by atoms with E-state index in [0.717, 1.165) is 14.4 Å². The van der Waals surface area contributed by atoms with E-state index in [9.17, 15) is 18.0 Å². The third-order valence-electron chi connectivity index (χ3n) is 3.37. The lowest BCUT2D eigenvalue weighted by molar-refractivity contribution is -0.143. The number of alkyl halides is 3. The van der Waals surface area contributed by atoms with Gasteiger partial charge < -0.3 is 5.32 Å². The quantitative estimate of drug-likeness (QED) is 0.578. The number of amides is 1. The van der Waals surface area contributed by atoms with Crippen LogP contribution >= 0.6 is 22.6 Å². The number of nitrogens with zero attached hydrogens (tertiary/aromatic N) is 2. The highest BCUT2D eigenvalue weighted by Gasteiger charge is 2.40. The predicted molar refractivity (Wildman–Crippen MR) is 95.7 cm³/mol. The molecule has 128 valence electrons. The van der Waals surface area contributed by atoms with Gasteiger partial charge in [0.1, 0.15) is 0 Å². The molecular weight excluding hydrogens is 446 g/mol. The zero-order chi connectivity index (χ0) is 18.0. The molecule has 0 unspecified atom stereocenters. The molecule has 0 aliphatic carbocycles. The number of carbonyl (C=O) groups excluding carboxylic acids is 1. The van der Waals surface area contributed by atoms with E-state index in [1.807, 2.05) is 6.07 Å². The second-order valence-corrected chi connectivity index (χ2v) is 6.36. The van der Waals surface area contributed by atoms with E-state index in [4.69, 9.17) is 0 Å². The van der Waals surface area contributed by atoms with Crippen LogP contribution in [0, 0.1) is 3.57 Å². The van der Waals surface area contributed by atoms with Crippen LogP contribution in [-0.2, 0) is 6.18 Å². The second kappa shape index (κ2) is 6.87. The molecule has 1 aromatic heterocycles. The summed E-state index contributed by atoms with van der Waals surface area (Å²) in [5.41, 5.74) is -1.00. The van der Waals surface area contributed by atoms with Crippen LogP contribution in [0.5, 0.6) is 0 Å². The van der Waals surface area contributed by atoms with Gasteiger partial charge in [0.2, 0.25) is 0 Å². The normalized spacial score (nSPS) is 11.4. The largest absolute Gasteiger partial charge is 0.434 e. The smallest absolute Gasteiger partial charge is 0.322 e. The van der Waals surface area contributed by atoms with E-state index >= 15 is 0 Å². The highest BCUT2D eigenvalue weighted by atomic mass is 127. The van der Waals surface area contributed by atoms with Crippen molar-refractivity contribution in [3.8, 4) is 5.69 Å². The third kappa shape index (κ3) is 3.84. The van der Waals surface area contributed by atoms with Gasteiger partial charge in [-0.1, -0.05) is 24.3 Å². The molecule has 0 saturated heterocycles. The molecule has 2 aromatic carbocycles. The molecule has 0 radical (unpaired) electrons. The summed E-state index contributed by atoms with van der Waals surface area (Å²) < 4.78 is 42.2. The number of para-hydroxylation sites is 1. The van der Waals surface area contributed by atoms with Gasteiger partial charge >= 0.3 is 6.18 Å². The summed E-state index contributed by atoms with van der Waals surface area (Å²) in [7, 11) is 0. The summed E-state index contributed by atoms with van der Waals surface area (Å²) in [6.45, 7) is 0. The van der Waals surface area contributed by atoms with Crippen LogP contribution in [-0.4, -0.2) is 15.7 Å². The standard InChI is InChI=1S/C17H11F3IN3O/c18-17(19,20)15-14(10-22-24(15)13-7-2-1-3-8-13)16(25)23-12-6-4-5-11(21)9-12/h1-10H,(H,23,25). The number of hydrogen-bond acceptors (Lipinski definition) is 2. The van der Waals surface area contributed by atoms with E-state index in [1.165, 1.54) is 12.1 Å². The number of benzene rings is 2. The summed E-state index contributed by atoms with van der Waals surface area (Å²) in [4.78, 5) is 12.4. The number of hydrogen-bond donors (Lipinski definition) is 1. The van der Waals surface area contributed by atoms with Gasteiger partial charge in [0.15, 0.2) is 5.69 Å². The Balaban J connectivity index is 2.02. The van der Waals surface area contributed by atoms with Crippen LogP contribution in [0.4, 0.5) is 18.9 Å². The van der Waals surface area contributed by atoms with Crippen molar-refractivity contribution >= 4 is 34.2 Å². The topological polar surface area (TPSA) is 46.9 Å². The average Bonchev–Trinajstić information content (AvgIpc) is 3.01. The van der Waals surface area contributed by atoms with Crippen LogP contribution in [0.25, 0.3) is 5.69 Å². The molecule has 1 heterocycles. The molecular formula is C17H11F3IN3O. The van der Waals surface area contributed by atoms with E-state index in [2.05, 4.69) is 33.0 Å². The van der Waals surface area contributed by atoms with Gasteiger partial charge in [-0.2, -0.15) is 18.3 Å². The van der Waals surface area contributed by atoms with Gasteiger partial charge in [-0.15, -0.1) is 0 Å². The minimum absolute atomic E-state index is 0.225. The average molecular weight is 457 g/mol. The molecule has 0 fully saturated rings. The number of anilines is 1. The van der Waals surface area contributed by atoms with Crippen molar-refractivity contribution in [3.05, 3.63) is 75.6 Å². The van der Waals surface area contributed by atoms with E-state index < -0.39 is 23.3 Å². The van der Waals surface area contributed by atoms with Crippen molar-refractivity contribution in [2.24, 2.45) is 0 Å². The van der Waals surface area contributed by atoms with Gasteiger partial charge in [0.05, 0.1) is 17.4 Å². The Morgan fingerprint density at radius 1 is 1.08 bits per heavy atom. The second-order valence-electron chi connectivity index (χ2n) is 5.12. The number of carbonyl (C=O) groups is 1. The minimum atomic E-state index is -4.73. The molecule has 0 atom stereocenters. The predicted octanol–water partition coefficient (Wildman–Crippen LogP) is 4.75. The van der Waals surface area contributed by atoms with Gasteiger partial charge in [-0.25, -0.2) is 4.68 Å². The Morgan fingerprint density at radius 3 is 2.44 bits per heavy atom. The van der Waals surface area contributed by atoms with Crippen LogP contribution in [0.1, 0.15) is 16.1 Å². The van der Waals surface area contributed by atoms with E-state index in [-0.39, 0.29) is 5.69 Å². The third-order valence-corrected chi connectivity index (χ3v) is 4.04. The molecule has 3 rings (SSSR count). The number of aromatic nitrogens is 2. The van der Waals surface area contributed by atoms with Crippen LogP contribution in [0.3, 0.4) is 0 Å². The lowest BCUT2D eigenvalue weighted by Crippen LogP contribution is -2.20. The Bertz CT molecular complexity index is 907. The summed E-state index contributed by atoms with van der Waals surface area (Å²) in [5, 5.41) is 6.25. The van der Waals surface area contributed by atoms with Crippen molar-refractivity contribution in [2.75, 3.05) is 5.32 Å². The number of rotatable bonds is 3. The number of halogens is 4. The van der Waals surface area contributed by atoms with Gasteiger partial charge in [-0.3, -0.25) is 4.79 Å². The molecule has 8 heteroatoms. The molecule has 0 saturated carbocycles. The Hall–Kier alpha value is -2.36. The van der Waals surface area contributed by atoms with Crippen LogP contribution in [0.2, 0.25) is 0 Å². The van der Waals surface area contributed by atoms with Gasteiger partial charge in [-0.05, 0) is 52.9 Å². The lowest BCUT2D eigenvalue weighted by Gasteiger charge is -2.13. The molecule has 0 bridgehead atoms. The molecule has 0 spiro atoms. The van der Waals surface area contributed by atoms with Crippen molar-refractivity contribution < 1.29 is 18.0 Å². The van der Waals surface area contributed by atoms with E-state index in [1.54, 1.807) is 36.4 Å². The first-order chi connectivity index (χ1) is 11.9. The fourth-order valence-electron chi connectivity index (χ4n) is 2.32. The molecule has 25 heavy (non-hydrogen) atoms. The van der Waals surface area contributed by atoms with Crippen molar-refractivity contribution in [3.63, 3.8) is 0 Å². The molecule has 0 aliphatic heterocycles. The maximum atomic E-state index is 13.5. The molecule has 4 nitrogen and oxygen atoms in total. The fourth-order valence-corrected chi connectivity index (χ4v) is 2.86. The lowest BCUT2D eigenvalue weighted by atomic mass is 10.2. The summed E-state index contributed by atoms with van der Waals surface area (Å²) >= 11 is 2.05. The van der Waals surface area contributed by atoms with Crippen molar-refractivity contribution in [1.29, 1.82) is 0 Å². The zero-order valence-corrected chi connectivity index (χ0v) is 14.7. The van der Waals surface area contributed by atoms with Crippen LogP contribution in [0.15, 0.2) is 60.8 Å². The Labute approximate surface area is 154 Å². The highest BCUT2D eigenvalue weighted by Crippen LogP contribution is 2.34. The summed E-state index contributed by atoms with van der Waals surface area (Å²) in [5.74, 6) is -0.864. The maximum Gasteiger partial charge on any atom is 0.434 e. The fraction of sp³-hybridized carbons (Fsp3) is 0.0588. The SMILES string of the molecule is O=C(Nc1cccc(I)c1)c1cnn(-c2ccccc2)c1C(F)(F)F.